The lowest BCUT2D eigenvalue weighted by Crippen LogP contribution is -2.44. The molecule has 2 saturated carbocycles. The van der Waals surface area contributed by atoms with Crippen LogP contribution >= 0.6 is 0 Å². The fraction of sp³-hybridized carbons (Fsp3) is 0.607. The number of benzene rings is 1. The Bertz CT molecular complexity index is 1130. The maximum absolute atomic E-state index is 13.8. The number of carbonyl (C=O) groups is 1. The maximum Gasteiger partial charge on any atom is 0.319 e. The van der Waals surface area contributed by atoms with Gasteiger partial charge in [0, 0.05) is 46.0 Å². The quantitative estimate of drug-likeness (QED) is 0.530. The molecule has 3 fully saturated rings. The Hall–Kier alpha value is -2.52. The minimum Gasteiger partial charge on any atom is -0.377 e. The Balaban J connectivity index is 1.45. The Morgan fingerprint density at radius 1 is 1.08 bits per heavy atom. The van der Waals surface area contributed by atoms with Gasteiger partial charge in [0.1, 0.15) is 5.82 Å². The van der Waals surface area contributed by atoms with E-state index in [4.69, 9.17) is 14.7 Å². The normalized spacial score (nSPS) is 21.9. The first-order chi connectivity index (χ1) is 17.8. The van der Waals surface area contributed by atoms with Gasteiger partial charge in [-0.05, 0) is 70.7 Å². The van der Waals surface area contributed by atoms with E-state index in [9.17, 15) is 9.00 Å². The van der Waals surface area contributed by atoms with Crippen LogP contribution in [-0.2, 0) is 20.3 Å². The summed E-state index contributed by atoms with van der Waals surface area (Å²) >= 11 is 0. The van der Waals surface area contributed by atoms with E-state index in [-0.39, 0.29) is 17.3 Å². The average molecular weight is 526 g/mol. The van der Waals surface area contributed by atoms with Crippen LogP contribution in [0.4, 0.5) is 16.3 Å². The molecule has 0 radical (unpaired) electrons. The van der Waals surface area contributed by atoms with Gasteiger partial charge >= 0.3 is 6.03 Å². The van der Waals surface area contributed by atoms with E-state index in [1.807, 2.05) is 30.3 Å². The third kappa shape index (κ3) is 6.14. The van der Waals surface area contributed by atoms with Crippen LogP contribution in [0.1, 0.15) is 71.4 Å². The van der Waals surface area contributed by atoms with Crippen LogP contribution in [0.5, 0.6) is 0 Å². The lowest BCUT2D eigenvalue weighted by Gasteiger charge is -2.36. The summed E-state index contributed by atoms with van der Waals surface area (Å²) < 4.78 is 18.9. The van der Waals surface area contributed by atoms with Crippen LogP contribution in [0.2, 0.25) is 0 Å². The molecule has 1 unspecified atom stereocenters. The highest BCUT2D eigenvalue weighted by Crippen LogP contribution is 2.36. The molecule has 1 saturated heterocycles. The first-order valence-corrected chi connectivity index (χ1v) is 14.8. The second-order valence-electron chi connectivity index (χ2n) is 11.1. The van der Waals surface area contributed by atoms with Crippen molar-refractivity contribution < 1.29 is 13.7 Å². The number of carbonyl (C=O) groups excluding carboxylic acids is 1. The van der Waals surface area contributed by atoms with E-state index in [0.29, 0.717) is 25.1 Å². The van der Waals surface area contributed by atoms with Crippen molar-refractivity contribution in [3.8, 4) is 11.4 Å². The summed E-state index contributed by atoms with van der Waals surface area (Å²) in [6.07, 6.45) is 7.67. The van der Waals surface area contributed by atoms with E-state index < -0.39 is 15.5 Å². The van der Waals surface area contributed by atoms with Crippen molar-refractivity contribution in [3.05, 3.63) is 36.0 Å². The fourth-order valence-electron chi connectivity index (χ4n) is 5.17. The average Bonchev–Trinajstić information content (AvgIpc) is 3.73. The Kier molecular flexibility index (Phi) is 7.81. The number of nitrogens with zero attached hydrogens (tertiary/aromatic N) is 3. The highest BCUT2D eigenvalue weighted by molar-refractivity contribution is 7.86. The number of hydrogen-bond donors (Lipinski definition) is 2. The fourth-order valence-corrected chi connectivity index (χ4v) is 7.07. The van der Waals surface area contributed by atoms with Crippen molar-refractivity contribution in [1.29, 1.82) is 0 Å². The number of aromatic nitrogens is 2. The third-order valence-electron chi connectivity index (χ3n) is 7.66. The van der Waals surface area contributed by atoms with Crippen molar-refractivity contribution >= 4 is 28.3 Å². The number of anilines is 2. The molecule has 2 atom stereocenters. The summed E-state index contributed by atoms with van der Waals surface area (Å²) in [6.45, 7) is 8.31. The van der Waals surface area contributed by atoms with E-state index in [1.165, 1.54) is 6.42 Å². The summed E-state index contributed by atoms with van der Waals surface area (Å²) in [7, 11) is -1.05. The van der Waals surface area contributed by atoms with Crippen molar-refractivity contribution in [2.24, 2.45) is 0 Å². The van der Waals surface area contributed by atoms with Gasteiger partial charge in [0.25, 0.3) is 0 Å². The first kappa shape index (κ1) is 26.1. The van der Waals surface area contributed by atoms with E-state index in [0.717, 1.165) is 67.8 Å². The molecule has 2 aromatic rings. The third-order valence-corrected chi connectivity index (χ3v) is 9.95. The largest absolute Gasteiger partial charge is 0.377 e. The van der Waals surface area contributed by atoms with Crippen molar-refractivity contribution in [1.82, 2.24) is 15.3 Å². The van der Waals surface area contributed by atoms with Gasteiger partial charge in [-0.1, -0.05) is 19.3 Å². The van der Waals surface area contributed by atoms with Gasteiger partial charge in [-0.2, -0.15) is 0 Å². The number of morpholine rings is 1. The second-order valence-corrected chi connectivity index (χ2v) is 13.4. The molecule has 5 rings (SSSR count). The second kappa shape index (κ2) is 11.1. The number of ether oxygens (including phenoxy) is 1. The van der Waals surface area contributed by atoms with E-state index >= 15 is 0 Å². The molecule has 0 bridgehead atoms. The van der Waals surface area contributed by atoms with Crippen LogP contribution in [0.25, 0.3) is 11.4 Å². The molecular formula is C28H39N5O3S. The predicted octanol–water partition coefficient (Wildman–Crippen LogP) is 4.97. The summed E-state index contributed by atoms with van der Waals surface area (Å²) in [6, 6.07) is 9.97. The van der Waals surface area contributed by atoms with Crippen LogP contribution in [0.15, 0.2) is 30.3 Å². The van der Waals surface area contributed by atoms with E-state index in [2.05, 4.69) is 36.3 Å². The Morgan fingerprint density at radius 3 is 2.49 bits per heavy atom. The van der Waals surface area contributed by atoms with Gasteiger partial charge in [0.2, 0.25) is 0 Å². The van der Waals surface area contributed by atoms with Crippen LogP contribution in [-0.4, -0.2) is 57.3 Å². The van der Waals surface area contributed by atoms with Gasteiger partial charge in [0.15, 0.2) is 5.82 Å². The van der Waals surface area contributed by atoms with E-state index in [1.54, 1.807) is 0 Å². The highest BCUT2D eigenvalue weighted by Gasteiger charge is 2.37. The standard InChI is InChI=1S/C28H39N5O3S/c1-19-18-36-16-15-33(19)25-17-24(28(2,3)37(35)23-7-5-4-6-8-23)31-26(32-25)20-9-11-21(12-10-20)29-27(34)30-22-13-14-22/h9-12,17,19,22-23H,4-8,13-16,18H2,1-3H3,(H2,29,30,34)/t19-,37?/m0/s1. The van der Waals surface area contributed by atoms with Crippen LogP contribution in [0.3, 0.4) is 0 Å². The molecule has 3 aliphatic rings. The molecule has 2 N–H and O–H groups in total. The molecular weight excluding hydrogens is 486 g/mol. The Labute approximate surface area is 222 Å². The molecule has 1 aromatic carbocycles. The van der Waals surface area contributed by atoms with Gasteiger partial charge in [-0.3, -0.25) is 4.21 Å². The summed E-state index contributed by atoms with van der Waals surface area (Å²) in [5.74, 6) is 1.45. The minimum absolute atomic E-state index is 0.177. The van der Waals surface area contributed by atoms with Gasteiger partial charge in [0.05, 0.1) is 29.7 Å². The molecule has 200 valence electrons. The lowest BCUT2D eigenvalue weighted by atomic mass is 10.0. The predicted molar refractivity (Wildman–Crippen MR) is 148 cm³/mol. The van der Waals surface area contributed by atoms with Crippen molar-refractivity contribution in [2.45, 2.75) is 87.8 Å². The summed E-state index contributed by atoms with van der Waals surface area (Å²) in [5.41, 5.74) is 2.39. The highest BCUT2D eigenvalue weighted by atomic mass is 32.2. The first-order valence-electron chi connectivity index (χ1n) is 13.6. The molecule has 2 heterocycles. The minimum atomic E-state index is -1.05. The smallest absolute Gasteiger partial charge is 0.319 e. The zero-order valence-corrected chi connectivity index (χ0v) is 23.0. The number of nitrogens with one attached hydrogen (secondary N) is 2. The number of rotatable bonds is 7. The molecule has 1 aromatic heterocycles. The monoisotopic (exact) mass is 525 g/mol. The molecule has 1 aliphatic heterocycles. The lowest BCUT2D eigenvalue weighted by molar-refractivity contribution is 0.0985. The van der Waals surface area contributed by atoms with Gasteiger partial charge in [-0.15, -0.1) is 0 Å². The molecule has 9 heteroatoms. The Morgan fingerprint density at radius 2 is 1.81 bits per heavy atom. The molecule has 8 nitrogen and oxygen atoms in total. The van der Waals surface area contributed by atoms with Crippen molar-refractivity contribution in [2.75, 3.05) is 30.0 Å². The number of amides is 2. The van der Waals surface area contributed by atoms with Gasteiger partial charge in [-0.25, -0.2) is 14.8 Å². The number of hydrogen-bond acceptors (Lipinski definition) is 6. The van der Waals surface area contributed by atoms with Crippen LogP contribution in [0, 0.1) is 0 Å². The topological polar surface area (TPSA) is 96.5 Å². The maximum atomic E-state index is 13.8. The molecule has 2 amide bonds. The summed E-state index contributed by atoms with van der Waals surface area (Å²) in [5, 5.41) is 6.04. The molecule has 37 heavy (non-hydrogen) atoms. The summed E-state index contributed by atoms with van der Waals surface area (Å²) in [4.78, 5) is 24.3. The SMILES string of the molecule is C[C@H]1COCCN1c1cc(C(C)(C)S(=O)C2CCCCC2)nc(-c2ccc(NC(=O)NC3CC3)cc2)n1. The zero-order valence-electron chi connectivity index (χ0n) is 22.2. The zero-order chi connectivity index (χ0) is 26.0. The molecule has 0 spiro atoms. The van der Waals surface area contributed by atoms with Crippen molar-refractivity contribution in [3.63, 3.8) is 0 Å². The number of urea groups is 1. The van der Waals surface area contributed by atoms with Gasteiger partial charge < -0.3 is 20.3 Å². The van der Waals surface area contributed by atoms with Crippen LogP contribution < -0.4 is 15.5 Å². The molecule has 2 aliphatic carbocycles.